The van der Waals surface area contributed by atoms with Crippen LogP contribution in [0, 0.1) is 18.3 Å². The normalized spacial score (nSPS) is 11.6. The number of rotatable bonds is 4. The van der Waals surface area contributed by atoms with Crippen molar-refractivity contribution in [1.29, 1.82) is 5.26 Å². The van der Waals surface area contributed by atoms with Crippen molar-refractivity contribution in [3.63, 3.8) is 0 Å². The van der Waals surface area contributed by atoms with Crippen LogP contribution in [0.5, 0.6) is 5.75 Å². The molecule has 0 heterocycles. The van der Waals surface area contributed by atoms with E-state index in [2.05, 4.69) is 0 Å². The van der Waals surface area contributed by atoms with E-state index in [1.807, 2.05) is 26.0 Å². The highest BCUT2D eigenvalue weighted by atomic mass is 16.5. The van der Waals surface area contributed by atoms with Crippen LogP contribution in [-0.2, 0) is 4.79 Å². The maximum absolute atomic E-state index is 11.3. The van der Waals surface area contributed by atoms with Crippen LogP contribution in [0.1, 0.15) is 30.9 Å². The topological polar surface area (TPSA) is 50.1 Å². The van der Waals surface area contributed by atoms with Crippen molar-refractivity contribution < 1.29 is 9.53 Å². The second kappa shape index (κ2) is 5.32. The van der Waals surface area contributed by atoms with Crippen molar-refractivity contribution in [2.45, 2.75) is 26.7 Å². The van der Waals surface area contributed by atoms with Gasteiger partial charge in [-0.3, -0.25) is 4.79 Å². The van der Waals surface area contributed by atoms with E-state index in [1.165, 1.54) is 6.92 Å². The Hall–Kier alpha value is -1.82. The molecule has 0 bridgehead atoms. The Balaban J connectivity index is 3.07. The predicted octanol–water partition coefficient (Wildman–Crippen LogP) is 2.59. The largest absolute Gasteiger partial charge is 0.494 e. The highest BCUT2D eigenvalue weighted by molar-refractivity contribution is 5.86. The third-order valence-corrected chi connectivity index (χ3v) is 2.40. The number of Topliss-reactive ketones (excluding diaryl/α,β-unsaturated/α-hetero) is 1. The number of nitrogens with zero attached hydrogens (tertiary/aromatic N) is 1. The number of ether oxygens (including phenoxy) is 1. The minimum atomic E-state index is -0.671. The van der Waals surface area contributed by atoms with Gasteiger partial charge in [0.25, 0.3) is 0 Å². The summed E-state index contributed by atoms with van der Waals surface area (Å²) in [5.74, 6) is -0.0329. The van der Waals surface area contributed by atoms with E-state index in [0.717, 1.165) is 16.9 Å². The molecule has 0 fully saturated rings. The molecule has 0 radical (unpaired) electrons. The molecule has 0 aliphatic carbocycles. The lowest BCUT2D eigenvalue weighted by atomic mass is 9.93. The Morgan fingerprint density at radius 3 is 2.69 bits per heavy atom. The van der Waals surface area contributed by atoms with Crippen molar-refractivity contribution in [1.82, 2.24) is 0 Å². The van der Waals surface area contributed by atoms with Crippen LogP contribution in [0.4, 0.5) is 0 Å². The molecule has 3 heteroatoms. The first-order valence-electron chi connectivity index (χ1n) is 5.23. The molecule has 0 aromatic heterocycles. The third kappa shape index (κ3) is 2.60. The molecule has 1 rings (SSSR count). The Bertz CT molecular complexity index is 432. The highest BCUT2D eigenvalue weighted by Gasteiger charge is 2.18. The van der Waals surface area contributed by atoms with Gasteiger partial charge in [-0.15, -0.1) is 0 Å². The molecular formula is C13H15NO2. The van der Waals surface area contributed by atoms with Crippen LogP contribution in [0.15, 0.2) is 18.2 Å². The molecule has 0 amide bonds. The predicted molar refractivity (Wildman–Crippen MR) is 61.4 cm³/mol. The second-order valence-corrected chi connectivity index (χ2v) is 3.62. The molecule has 0 aliphatic rings. The Labute approximate surface area is 95.7 Å². The van der Waals surface area contributed by atoms with Gasteiger partial charge in [0.1, 0.15) is 11.7 Å². The molecule has 1 atom stereocenters. The van der Waals surface area contributed by atoms with Gasteiger partial charge in [0.05, 0.1) is 12.7 Å². The SMILES string of the molecule is CCOc1ccc([C@@H](C#N)C(C)=O)c(C)c1. The van der Waals surface area contributed by atoms with E-state index in [0.29, 0.717) is 6.61 Å². The average molecular weight is 217 g/mol. The molecule has 1 aromatic rings. The van der Waals surface area contributed by atoms with Gasteiger partial charge in [-0.1, -0.05) is 6.07 Å². The minimum Gasteiger partial charge on any atom is -0.494 e. The van der Waals surface area contributed by atoms with E-state index in [-0.39, 0.29) is 5.78 Å². The number of hydrogen-bond donors (Lipinski definition) is 0. The van der Waals surface area contributed by atoms with Gasteiger partial charge in [0.2, 0.25) is 0 Å². The fraction of sp³-hybridized carbons (Fsp3) is 0.385. The smallest absolute Gasteiger partial charge is 0.151 e. The van der Waals surface area contributed by atoms with Gasteiger partial charge in [0, 0.05) is 0 Å². The molecule has 3 nitrogen and oxygen atoms in total. The molecule has 0 saturated heterocycles. The third-order valence-electron chi connectivity index (χ3n) is 2.40. The lowest BCUT2D eigenvalue weighted by Crippen LogP contribution is -2.08. The molecule has 84 valence electrons. The Morgan fingerprint density at radius 1 is 1.56 bits per heavy atom. The summed E-state index contributed by atoms with van der Waals surface area (Å²) < 4.78 is 5.35. The van der Waals surface area contributed by atoms with Crippen LogP contribution in [0.2, 0.25) is 0 Å². The number of benzene rings is 1. The van der Waals surface area contributed by atoms with E-state index in [9.17, 15) is 4.79 Å². The van der Waals surface area contributed by atoms with E-state index in [1.54, 1.807) is 12.1 Å². The van der Waals surface area contributed by atoms with Crippen molar-refractivity contribution in [3.05, 3.63) is 29.3 Å². The molecule has 1 aromatic carbocycles. The summed E-state index contributed by atoms with van der Waals surface area (Å²) >= 11 is 0. The zero-order valence-electron chi connectivity index (χ0n) is 9.78. The van der Waals surface area contributed by atoms with Gasteiger partial charge in [-0.2, -0.15) is 5.26 Å². The number of carbonyl (C=O) groups is 1. The minimum absolute atomic E-state index is 0.130. The standard InChI is InChI=1S/C13H15NO2/c1-4-16-11-5-6-12(9(2)7-11)13(8-14)10(3)15/h5-7,13H,4H2,1-3H3/t13-/m0/s1. The van der Waals surface area contributed by atoms with Gasteiger partial charge < -0.3 is 4.74 Å². The maximum atomic E-state index is 11.3. The fourth-order valence-corrected chi connectivity index (χ4v) is 1.61. The average Bonchev–Trinajstić information content (AvgIpc) is 2.22. The van der Waals surface area contributed by atoms with Crippen molar-refractivity contribution >= 4 is 5.78 Å². The van der Waals surface area contributed by atoms with Crippen molar-refractivity contribution in [2.24, 2.45) is 0 Å². The summed E-state index contributed by atoms with van der Waals surface area (Å²) in [6.45, 7) is 5.83. The molecular weight excluding hydrogens is 202 g/mol. The van der Waals surface area contributed by atoms with E-state index >= 15 is 0 Å². The summed E-state index contributed by atoms with van der Waals surface area (Å²) in [4.78, 5) is 11.3. The fourth-order valence-electron chi connectivity index (χ4n) is 1.61. The molecule has 0 saturated carbocycles. The zero-order valence-corrected chi connectivity index (χ0v) is 9.78. The maximum Gasteiger partial charge on any atom is 0.151 e. The number of carbonyl (C=O) groups excluding carboxylic acids is 1. The van der Waals surface area contributed by atoms with Crippen LogP contribution in [0.25, 0.3) is 0 Å². The van der Waals surface area contributed by atoms with Gasteiger partial charge in [0.15, 0.2) is 5.78 Å². The van der Waals surface area contributed by atoms with Crippen LogP contribution < -0.4 is 4.74 Å². The van der Waals surface area contributed by atoms with Crippen LogP contribution >= 0.6 is 0 Å². The number of aryl methyl sites for hydroxylation is 1. The molecule has 0 unspecified atom stereocenters. The lowest BCUT2D eigenvalue weighted by molar-refractivity contribution is -0.117. The van der Waals surface area contributed by atoms with E-state index < -0.39 is 5.92 Å². The van der Waals surface area contributed by atoms with E-state index in [4.69, 9.17) is 10.00 Å². The summed E-state index contributed by atoms with van der Waals surface area (Å²) in [6, 6.07) is 7.45. The summed E-state index contributed by atoms with van der Waals surface area (Å²) in [5, 5.41) is 8.94. The zero-order chi connectivity index (χ0) is 12.1. The molecule has 0 N–H and O–H groups in total. The molecule has 16 heavy (non-hydrogen) atoms. The lowest BCUT2D eigenvalue weighted by Gasteiger charge is -2.11. The summed E-state index contributed by atoms with van der Waals surface area (Å²) in [6.07, 6.45) is 0. The highest BCUT2D eigenvalue weighted by Crippen LogP contribution is 2.24. The first-order valence-corrected chi connectivity index (χ1v) is 5.23. The Morgan fingerprint density at radius 2 is 2.25 bits per heavy atom. The number of nitriles is 1. The first-order chi connectivity index (χ1) is 7.60. The van der Waals surface area contributed by atoms with Gasteiger partial charge in [-0.25, -0.2) is 0 Å². The van der Waals surface area contributed by atoms with Crippen LogP contribution in [0.3, 0.4) is 0 Å². The van der Waals surface area contributed by atoms with Gasteiger partial charge in [-0.05, 0) is 44.0 Å². The van der Waals surface area contributed by atoms with Crippen molar-refractivity contribution in [3.8, 4) is 11.8 Å². The quantitative estimate of drug-likeness (QED) is 0.778. The Kier molecular flexibility index (Phi) is 4.07. The summed E-state index contributed by atoms with van der Waals surface area (Å²) in [5.41, 5.74) is 1.67. The second-order valence-electron chi connectivity index (χ2n) is 3.62. The summed E-state index contributed by atoms with van der Waals surface area (Å²) in [7, 11) is 0. The molecule has 0 spiro atoms. The van der Waals surface area contributed by atoms with Crippen molar-refractivity contribution in [2.75, 3.05) is 6.61 Å². The number of ketones is 1. The van der Waals surface area contributed by atoms with Gasteiger partial charge >= 0.3 is 0 Å². The molecule has 0 aliphatic heterocycles. The monoisotopic (exact) mass is 217 g/mol. The van der Waals surface area contributed by atoms with Crippen LogP contribution in [-0.4, -0.2) is 12.4 Å². The number of hydrogen-bond acceptors (Lipinski definition) is 3. The first kappa shape index (κ1) is 12.3.